The molecule has 1 aromatic rings. The van der Waals surface area contributed by atoms with Crippen molar-refractivity contribution in [1.82, 2.24) is 0 Å². The van der Waals surface area contributed by atoms with Crippen LogP contribution in [0.2, 0.25) is 0 Å². The summed E-state index contributed by atoms with van der Waals surface area (Å²) in [5.74, 6) is 0.915. The molecule has 0 atom stereocenters. The Labute approximate surface area is 108 Å². The van der Waals surface area contributed by atoms with Gasteiger partial charge in [0.25, 0.3) is 0 Å². The number of benzene rings is 1. The van der Waals surface area contributed by atoms with E-state index < -0.39 is 0 Å². The van der Waals surface area contributed by atoms with Gasteiger partial charge in [0.05, 0.1) is 0 Å². The van der Waals surface area contributed by atoms with E-state index >= 15 is 0 Å². The Balaban J connectivity index is 1.91. The van der Waals surface area contributed by atoms with Gasteiger partial charge in [-0.2, -0.15) is 0 Å². The van der Waals surface area contributed by atoms with Gasteiger partial charge >= 0.3 is 0 Å². The maximum atomic E-state index is 13.5. The van der Waals surface area contributed by atoms with Crippen molar-refractivity contribution < 1.29 is 9.18 Å². The van der Waals surface area contributed by atoms with Crippen molar-refractivity contribution in [2.45, 2.75) is 45.4 Å². The summed E-state index contributed by atoms with van der Waals surface area (Å²) in [5.41, 5.74) is 0.542. The number of rotatable bonds is 4. The maximum Gasteiger partial charge on any atom is 0.140 e. The highest BCUT2D eigenvalue weighted by molar-refractivity contribution is 5.83. The Kier molecular flexibility index (Phi) is 4.51. The van der Waals surface area contributed by atoms with Crippen molar-refractivity contribution >= 4 is 5.78 Å². The van der Waals surface area contributed by atoms with E-state index in [2.05, 4.69) is 6.92 Å². The molecule has 1 aromatic carbocycles. The van der Waals surface area contributed by atoms with Gasteiger partial charge in [-0.15, -0.1) is 0 Å². The molecule has 0 aliphatic heterocycles. The molecule has 0 N–H and O–H groups in total. The summed E-state index contributed by atoms with van der Waals surface area (Å²) in [6.45, 7) is 2.21. The summed E-state index contributed by atoms with van der Waals surface area (Å²) >= 11 is 0. The van der Waals surface area contributed by atoms with E-state index in [1.807, 2.05) is 0 Å². The lowest BCUT2D eigenvalue weighted by Crippen LogP contribution is -2.23. The normalized spacial score (nSPS) is 23.9. The van der Waals surface area contributed by atoms with Crippen LogP contribution in [-0.4, -0.2) is 5.78 Å². The molecular formula is C16H21FO. The minimum Gasteiger partial charge on any atom is -0.299 e. The third-order valence-corrected chi connectivity index (χ3v) is 4.20. The van der Waals surface area contributed by atoms with E-state index in [9.17, 15) is 9.18 Å². The van der Waals surface area contributed by atoms with Gasteiger partial charge in [-0.25, -0.2) is 4.39 Å². The van der Waals surface area contributed by atoms with Crippen LogP contribution in [0.5, 0.6) is 0 Å². The van der Waals surface area contributed by atoms with Crippen LogP contribution in [0.1, 0.15) is 44.6 Å². The van der Waals surface area contributed by atoms with Gasteiger partial charge in [0, 0.05) is 12.3 Å². The third kappa shape index (κ3) is 3.18. The molecule has 1 aliphatic carbocycles. The molecule has 0 radical (unpaired) electrons. The first-order valence-electron chi connectivity index (χ1n) is 6.96. The number of hydrogen-bond donors (Lipinski definition) is 0. The molecule has 1 fully saturated rings. The van der Waals surface area contributed by atoms with Gasteiger partial charge in [0.1, 0.15) is 11.6 Å². The van der Waals surface area contributed by atoms with Gasteiger partial charge in [0.2, 0.25) is 0 Å². The number of hydrogen-bond acceptors (Lipinski definition) is 1. The van der Waals surface area contributed by atoms with Crippen molar-refractivity contribution in [2.75, 3.05) is 0 Å². The number of carbonyl (C=O) groups excluding carboxylic acids is 1. The first kappa shape index (κ1) is 13.3. The van der Waals surface area contributed by atoms with Crippen LogP contribution >= 0.6 is 0 Å². The van der Waals surface area contributed by atoms with Crippen molar-refractivity contribution in [3.8, 4) is 0 Å². The van der Waals surface area contributed by atoms with Gasteiger partial charge in [-0.05, 0) is 43.2 Å². The lowest BCUT2D eigenvalue weighted by molar-refractivity contribution is -0.123. The molecule has 0 amide bonds. The van der Waals surface area contributed by atoms with Crippen molar-refractivity contribution in [3.05, 3.63) is 35.6 Å². The summed E-state index contributed by atoms with van der Waals surface area (Å²) in [6.07, 6.45) is 5.77. The Morgan fingerprint density at radius 3 is 2.50 bits per heavy atom. The summed E-state index contributed by atoms with van der Waals surface area (Å²) < 4.78 is 13.5. The lowest BCUT2D eigenvalue weighted by atomic mass is 9.78. The van der Waals surface area contributed by atoms with Crippen molar-refractivity contribution in [1.29, 1.82) is 0 Å². The molecule has 0 spiro atoms. The largest absolute Gasteiger partial charge is 0.299 e. The van der Waals surface area contributed by atoms with E-state index in [0.29, 0.717) is 5.56 Å². The van der Waals surface area contributed by atoms with Crippen LogP contribution in [0.4, 0.5) is 4.39 Å². The maximum absolute atomic E-state index is 13.5. The molecule has 1 saturated carbocycles. The summed E-state index contributed by atoms with van der Waals surface area (Å²) in [4.78, 5) is 12.1. The van der Waals surface area contributed by atoms with E-state index in [4.69, 9.17) is 0 Å². The standard InChI is InChI=1S/C16H21FO/c1-2-12-7-9-13(10-8-12)16(18)11-14-5-3-4-6-15(14)17/h3-6,12-13H,2,7-11H2,1H3. The SMILES string of the molecule is CCC1CCC(C(=O)Cc2ccccc2F)CC1. The molecule has 2 heteroatoms. The highest BCUT2D eigenvalue weighted by Crippen LogP contribution is 2.31. The van der Waals surface area contributed by atoms with Crippen LogP contribution < -0.4 is 0 Å². The van der Waals surface area contributed by atoms with E-state index in [0.717, 1.165) is 31.6 Å². The second-order valence-corrected chi connectivity index (χ2v) is 5.36. The van der Waals surface area contributed by atoms with Crippen molar-refractivity contribution in [3.63, 3.8) is 0 Å². The highest BCUT2D eigenvalue weighted by atomic mass is 19.1. The Bertz CT molecular complexity index is 405. The van der Waals surface area contributed by atoms with Crippen LogP contribution in [0.3, 0.4) is 0 Å². The predicted molar refractivity (Wildman–Crippen MR) is 70.9 cm³/mol. The molecule has 0 saturated heterocycles. The Morgan fingerprint density at radius 1 is 1.22 bits per heavy atom. The molecule has 0 unspecified atom stereocenters. The molecule has 0 aromatic heterocycles. The average Bonchev–Trinajstić information content (AvgIpc) is 2.41. The molecule has 1 aliphatic rings. The van der Waals surface area contributed by atoms with Crippen LogP contribution in [0.15, 0.2) is 24.3 Å². The van der Waals surface area contributed by atoms with Gasteiger partial charge < -0.3 is 0 Å². The fraction of sp³-hybridized carbons (Fsp3) is 0.562. The monoisotopic (exact) mass is 248 g/mol. The number of Topliss-reactive ketones (excluding diaryl/α,β-unsaturated/α-hetero) is 1. The topological polar surface area (TPSA) is 17.1 Å². The van der Waals surface area contributed by atoms with Gasteiger partial charge in [0.15, 0.2) is 0 Å². The third-order valence-electron chi connectivity index (χ3n) is 4.20. The molecular weight excluding hydrogens is 227 g/mol. The van der Waals surface area contributed by atoms with Crippen LogP contribution in [0, 0.1) is 17.7 Å². The number of ketones is 1. The quantitative estimate of drug-likeness (QED) is 0.782. The van der Waals surface area contributed by atoms with Crippen molar-refractivity contribution in [2.24, 2.45) is 11.8 Å². The zero-order valence-electron chi connectivity index (χ0n) is 11.0. The second-order valence-electron chi connectivity index (χ2n) is 5.36. The molecule has 0 bridgehead atoms. The predicted octanol–water partition coefficient (Wildman–Crippen LogP) is 4.15. The summed E-state index contributed by atoms with van der Waals surface area (Å²) in [5, 5.41) is 0. The van der Waals surface area contributed by atoms with Gasteiger partial charge in [-0.3, -0.25) is 4.79 Å². The number of halogens is 1. The lowest BCUT2D eigenvalue weighted by Gasteiger charge is -2.26. The second kappa shape index (κ2) is 6.12. The first-order chi connectivity index (χ1) is 8.70. The smallest absolute Gasteiger partial charge is 0.140 e. The van der Waals surface area contributed by atoms with E-state index in [1.54, 1.807) is 18.2 Å². The van der Waals surface area contributed by atoms with Crippen LogP contribution in [0.25, 0.3) is 0 Å². The zero-order valence-corrected chi connectivity index (χ0v) is 11.0. The van der Waals surface area contributed by atoms with Crippen LogP contribution in [-0.2, 0) is 11.2 Å². The Hall–Kier alpha value is -1.18. The first-order valence-corrected chi connectivity index (χ1v) is 6.96. The highest BCUT2D eigenvalue weighted by Gasteiger charge is 2.25. The molecule has 18 heavy (non-hydrogen) atoms. The van der Waals surface area contributed by atoms with E-state index in [1.165, 1.54) is 12.5 Å². The fourth-order valence-electron chi connectivity index (χ4n) is 2.87. The minimum atomic E-state index is -0.256. The summed E-state index contributed by atoms with van der Waals surface area (Å²) in [6, 6.07) is 6.59. The van der Waals surface area contributed by atoms with Gasteiger partial charge in [-0.1, -0.05) is 31.5 Å². The summed E-state index contributed by atoms with van der Waals surface area (Å²) in [7, 11) is 0. The fourth-order valence-corrected chi connectivity index (χ4v) is 2.87. The molecule has 98 valence electrons. The minimum absolute atomic E-state index is 0.160. The number of carbonyl (C=O) groups is 1. The Morgan fingerprint density at radius 2 is 1.89 bits per heavy atom. The van der Waals surface area contributed by atoms with E-state index in [-0.39, 0.29) is 23.9 Å². The molecule has 0 heterocycles. The zero-order chi connectivity index (χ0) is 13.0. The molecule has 2 rings (SSSR count). The molecule has 1 nitrogen and oxygen atoms in total. The average molecular weight is 248 g/mol.